The minimum atomic E-state index is -1.02. The molecule has 0 saturated heterocycles. The van der Waals surface area contributed by atoms with Crippen molar-refractivity contribution in [3.05, 3.63) is 96.1 Å². The molecular weight excluding hydrogens is 324 g/mol. The van der Waals surface area contributed by atoms with Crippen LogP contribution in [0.4, 0.5) is 0 Å². The van der Waals surface area contributed by atoms with Crippen LogP contribution in [-0.4, -0.2) is 17.3 Å². The molecular formula is C23H14O3. The number of rotatable bonds is 4. The molecule has 0 saturated carbocycles. The van der Waals surface area contributed by atoms with Gasteiger partial charge in [0.2, 0.25) is 11.6 Å². The zero-order chi connectivity index (χ0) is 18.1. The maximum absolute atomic E-state index is 12.5. The van der Waals surface area contributed by atoms with E-state index < -0.39 is 17.3 Å². The Morgan fingerprint density at radius 1 is 0.462 bits per heavy atom. The van der Waals surface area contributed by atoms with Crippen LogP contribution in [0.25, 0.3) is 21.5 Å². The van der Waals surface area contributed by atoms with Crippen LogP contribution in [0.3, 0.4) is 0 Å². The van der Waals surface area contributed by atoms with Gasteiger partial charge < -0.3 is 0 Å². The third-order valence-electron chi connectivity index (χ3n) is 4.44. The Labute approximate surface area is 149 Å². The van der Waals surface area contributed by atoms with Crippen LogP contribution in [0.5, 0.6) is 0 Å². The van der Waals surface area contributed by atoms with Gasteiger partial charge >= 0.3 is 0 Å². The van der Waals surface area contributed by atoms with Gasteiger partial charge in [-0.2, -0.15) is 0 Å². The molecule has 0 aromatic heterocycles. The second-order valence-corrected chi connectivity index (χ2v) is 6.11. The number of hydrogen-bond donors (Lipinski definition) is 0. The SMILES string of the molecule is O=C(C(=O)c1ccc2ccccc2c1)C(=O)c1ccc2ccccc2c1. The van der Waals surface area contributed by atoms with Gasteiger partial charge in [-0.15, -0.1) is 0 Å². The normalized spacial score (nSPS) is 10.8. The summed E-state index contributed by atoms with van der Waals surface area (Å²) in [6.07, 6.45) is 0. The largest absolute Gasteiger partial charge is 0.285 e. The summed E-state index contributed by atoms with van der Waals surface area (Å²) in [6, 6.07) is 25.1. The number of benzene rings is 4. The molecule has 0 N–H and O–H groups in total. The van der Waals surface area contributed by atoms with Crippen LogP contribution in [0.15, 0.2) is 84.9 Å². The van der Waals surface area contributed by atoms with Crippen LogP contribution >= 0.6 is 0 Å². The highest BCUT2D eigenvalue weighted by atomic mass is 16.2. The Balaban J connectivity index is 1.66. The molecule has 3 heteroatoms. The number of carbonyl (C=O) groups is 3. The highest BCUT2D eigenvalue weighted by molar-refractivity contribution is 6.70. The van der Waals surface area contributed by atoms with Gasteiger partial charge in [-0.1, -0.05) is 72.8 Å². The summed E-state index contributed by atoms with van der Waals surface area (Å²) in [6.45, 7) is 0. The first-order valence-electron chi connectivity index (χ1n) is 8.24. The zero-order valence-corrected chi connectivity index (χ0v) is 13.8. The average molecular weight is 338 g/mol. The fraction of sp³-hybridized carbons (Fsp3) is 0. The standard InChI is InChI=1S/C23H14O3/c24-21(19-11-9-15-5-1-3-7-17(15)13-19)23(26)22(25)20-12-10-16-6-2-4-8-18(16)14-20/h1-14H. The van der Waals surface area contributed by atoms with E-state index in [1.54, 1.807) is 36.4 Å². The van der Waals surface area contributed by atoms with Crippen molar-refractivity contribution in [3.63, 3.8) is 0 Å². The van der Waals surface area contributed by atoms with Gasteiger partial charge in [-0.05, 0) is 33.7 Å². The Kier molecular flexibility index (Phi) is 3.90. The molecule has 0 radical (unpaired) electrons. The zero-order valence-electron chi connectivity index (χ0n) is 13.8. The summed E-state index contributed by atoms with van der Waals surface area (Å²) >= 11 is 0. The van der Waals surface area contributed by atoms with E-state index >= 15 is 0 Å². The van der Waals surface area contributed by atoms with Crippen molar-refractivity contribution in [1.29, 1.82) is 0 Å². The molecule has 4 rings (SSSR count). The minimum absolute atomic E-state index is 0.225. The van der Waals surface area contributed by atoms with Gasteiger partial charge in [-0.3, -0.25) is 14.4 Å². The van der Waals surface area contributed by atoms with E-state index in [0.29, 0.717) is 0 Å². The van der Waals surface area contributed by atoms with Crippen LogP contribution in [0.2, 0.25) is 0 Å². The smallest absolute Gasteiger partial charge is 0.273 e. The van der Waals surface area contributed by atoms with Crippen molar-refractivity contribution in [3.8, 4) is 0 Å². The van der Waals surface area contributed by atoms with E-state index in [1.165, 1.54) is 0 Å². The van der Waals surface area contributed by atoms with Crippen molar-refractivity contribution in [2.75, 3.05) is 0 Å². The molecule has 124 valence electrons. The molecule has 4 aromatic rings. The number of Topliss-reactive ketones (excluding diaryl/α,β-unsaturated/α-hetero) is 3. The van der Waals surface area contributed by atoms with E-state index in [2.05, 4.69) is 0 Å². The van der Waals surface area contributed by atoms with Crippen molar-refractivity contribution < 1.29 is 14.4 Å². The Morgan fingerprint density at radius 3 is 1.27 bits per heavy atom. The van der Waals surface area contributed by atoms with E-state index in [0.717, 1.165) is 21.5 Å². The lowest BCUT2D eigenvalue weighted by molar-refractivity contribution is -0.111. The first-order chi connectivity index (χ1) is 12.6. The average Bonchev–Trinajstić information content (AvgIpc) is 2.71. The summed E-state index contributed by atoms with van der Waals surface area (Å²) in [4.78, 5) is 37.4. The fourth-order valence-electron chi connectivity index (χ4n) is 3.03. The molecule has 0 bridgehead atoms. The van der Waals surface area contributed by atoms with Crippen molar-refractivity contribution in [2.45, 2.75) is 0 Å². The summed E-state index contributed by atoms with van der Waals surface area (Å²) in [7, 11) is 0. The summed E-state index contributed by atoms with van der Waals surface area (Å²) < 4.78 is 0. The van der Waals surface area contributed by atoms with Gasteiger partial charge in [-0.25, -0.2) is 0 Å². The van der Waals surface area contributed by atoms with E-state index in [4.69, 9.17) is 0 Å². The third-order valence-corrected chi connectivity index (χ3v) is 4.44. The predicted octanol–water partition coefficient (Wildman–Crippen LogP) is 4.63. The van der Waals surface area contributed by atoms with Crippen molar-refractivity contribution >= 4 is 38.9 Å². The first-order valence-corrected chi connectivity index (χ1v) is 8.24. The molecule has 0 amide bonds. The molecule has 0 fully saturated rings. The van der Waals surface area contributed by atoms with Gasteiger partial charge in [0.25, 0.3) is 5.78 Å². The Bertz CT molecular complexity index is 1090. The molecule has 0 spiro atoms. The van der Waals surface area contributed by atoms with Crippen LogP contribution in [0.1, 0.15) is 20.7 Å². The fourth-order valence-corrected chi connectivity index (χ4v) is 3.03. The Hall–Kier alpha value is -3.59. The Morgan fingerprint density at radius 2 is 0.846 bits per heavy atom. The van der Waals surface area contributed by atoms with Gasteiger partial charge in [0.1, 0.15) is 0 Å². The lowest BCUT2D eigenvalue weighted by Gasteiger charge is -2.04. The summed E-state index contributed by atoms with van der Waals surface area (Å²) in [5, 5.41) is 3.64. The molecule has 3 nitrogen and oxygen atoms in total. The number of carbonyl (C=O) groups excluding carboxylic acids is 3. The molecule has 0 atom stereocenters. The first kappa shape index (κ1) is 15.9. The van der Waals surface area contributed by atoms with Crippen LogP contribution < -0.4 is 0 Å². The quantitative estimate of drug-likeness (QED) is 0.310. The maximum Gasteiger partial charge on any atom is 0.273 e. The molecule has 0 aliphatic rings. The van der Waals surface area contributed by atoms with E-state index in [-0.39, 0.29) is 11.1 Å². The monoisotopic (exact) mass is 338 g/mol. The molecule has 0 aliphatic heterocycles. The second-order valence-electron chi connectivity index (χ2n) is 6.11. The van der Waals surface area contributed by atoms with Gasteiger partial charge in [0.15, 0.2) is 0 Å². The van der Waals surface area contributed by atoms with Gasteiger partial charge in [0, 0.05) is 11.1 Å². The van der Waals surface area contributed by atoms with Crippen molar-refractivity contribution in [2.24, 2.45) is 0 Å². The number of fused-ring (bicyclic) bond motifs is 2. The number of hydrogen-bond acceptors (Lipinski definition) is 3. The van der Waals surface area contributed by atoms with Gasteiger partial charge in [0.05, 0.1) is 0 Å². The number of ketones is 3. The van der Waals surface area contributed by atoms with E-state index in [9.17, 15) is 14.4 Å². The third kappa shape index (κ3) is 2.80. The van der Waals surface area contributed by atoms with Crippen molar-refractivity contribution in [1.82, 2.24) is 0 Å². The van der Waals surface area contributed by atoms with Crippen LogP contribution in [0, 0.1) is 0 Å². The molecule has 0 unspecified atom stereocenters. The summed E-state index contributed by atoms with van der Waals surface area (Å²) in [5.74, 6) is -2.58. The minimum Gasteiger partial charge on any atom is -0.285 e. The molecule has 0 heterocycles. The lowest BCUT2D eigenvalue weighted by atomic mass is 9.97. The molecule has 26 heavy (non-hydrogen) atoms. The highest BCUT2D eigenvalue weighted by Crippen LogP contribution is 2.19. The molecule has 4 aromatic carbocycles. The second kappa shape index (κ2) is 6.37. The lowest BCUT2D eigenvalue weighted by Crippen LogP contribution is -2.24. The highest BCUT2D eigenvalue weighted by Gasteiger charge is 2.25. The maximum atomic E-state index is 12.5. The van der Waals surface area contributed by atoms with E-state index in [1.807, 2.05) is 48.5 Å². The van der Waals surface area contributed by atoms with Crippen LogP contribution in [-0.2, 0) is 4.79 Å². The summed E-state index contributed by atoms with van der Waals surface area (Å²) in [5.41, 5.74) is 0.450. The topological polar surface area (TPSA) is 51.2 Å². The predicted molar refractivity (Wildman–Crippen MR) is 102 cm³/mol. The molecule has 0 aliphatic carbocycles.